The van der Waals surface area contributed by atoms with E-state index in [1.807, 2.05) is 26.0 Å². The minimum absolute atomic E-state index is 0. The van der Waals surface area contributed by atoms with Crippen molar-refractivity contribution in [3.8, 4) is 5.75 Å². The Morgan fingerprint density at radius 3 is 2.27 bits per heavy atom. The highest BCUT2D eigenvalue weighted by atomic mass is 35.5. The molecule has 2 rings (SSSR count). The van der Waals surface area contributed by atoms with Gasteiger partial charge < -0.3 is 27.0 Å². The summed E-state index contributed by atoms with van der Waals surface area (Å²) in [6, 6.07) is 6.11. The van der Waals surface area contributed by atoms with E-state index in [1.165, 1.54) is 11.1 Å². The molecule has 3 atom stereocenters. The van der Waals surface area contributed by atoms with Crippen LogP contribution in [0.2, 0.25) is 0 Å². The third kappa shape index (κ3) is 6.13. The Balaban J connectivity index is 0.00000242. The lowest BCUT2D eigenvalue weighted by molar-refractivity contribution is -0.0786. The zero-order chi connectivity index (χ0) is 15.4. The predicted octanol–water partition coefficient (Wildman–Crippen LogP) is -0.844. The van der Waals surface area contributed by atoms with Gasteiger partial charge in [0.1, 0.15) is 18.5 Å². The van der Waals surface area contributed by atoms with Crippen molar-refractivity contribution in [2.45, 2.75) is 46.0 Å². The van der Waals surface area contributed by atoms with Gasteiger partial charge in [-0.15, -0.1) is 0 Å². The first-order chi connectivity index (χ1) is 9.92. The average Bonchev–Trinajstić information content (AvgIpc) is 2.34. The maximum atomic E-state index is 10.2. The van der Waals surface area contributed by atoms with Crippen LogP contribution in [0.3, 0.4) is 0 Å². The van der Waals surface area contributed by atoms with Gasteiger partial charge in [-0.3, -0.25) is 4.90 Å². The van der Waals surface area contributed by atoms with Gasteiger partial charge in [0.2, 0.25) is 0 Å². The van der Waals surface area contributed by atoms with E-state index >= 15 is 0 Å². The second kappa shape index (κ2) is 8.73. The molecule has 1 aliphatic rings. The molecule has 0 spiro atoms. The van der Waals surface area contributed by atoms with Crippen molar-refractivity contribution in [2.24, 2.45) is 0 Å². The Morgan fingerprint density at radius 1 is 1.18 bits per heavy atom. The number of morpholine rings is 1. The Morgan fingerprint density at radius 2 is 1.73 bits per heavy atom. The molecule has 1 heterocycles. The largest absolute Gasteiger partial charge is 1.00 e. The van der Waals surface area contributed by atoms with E-state index in [1.54, 1.807) is 0 Å². The van der Waals surface area contributed by atoms with Gasteiger partial charge in [0.25, 0.3) is 0 Å². The highest BCUT2D eigenvalue weighted by Crippen LogP contribution is 2.17. The number of aryl methyl sites for hydroxylation is 2. The molecule has 1 aromatic carbocycles. The number of rotatable bonds is 5. The third-order valence-corrected chi connectivity index (χ3v) is 3.60. The normalized spacial score (nSPS) is 23.7. The van der Waals surface area contributed by atoms with Gasteiger partial charge in [-0.2, -0.15) is 0 Å². The average molecular weight is 329 g/mol. The van der Waals surface area contributed by atoms with E-state index in [2.05, 4.69) is 24.8 Å². The van der Waals surface area contributed by atoms with Crippen molar-refractivity contribution < 1.29 is 27.0 Å². The van der Waals surface area contributed by atoms with Crippen LogP contribution in [0.25, 0.3) is 0 Å². The van der Waals surface area contributed by atoms with Crippen LogP contribution < -0.4 is 17.1 Å². The van der Waals surface area contributed by atoms with E-state index in [0.717, 1.165) is 18.8 Å². The van der Waals surface area contributed by atoms with Crippen LogP contribution in [0.1, 0.15) is 25.0 Å². The molecular formula is C17H27ClNO3-. The van der Waals surface area contributed by atoms with Gasteiger partial charge >= 0.3 is 0 Å². The Bertz CT molecular complexity index is 439. The van der Waals surface area contributed by atoms with Crippen LogP contribution in [0.5, 0.6) is 5.75 Å². The number of aliphatic hydroxyl groups excluding tert-OH is 1. The molecular weight excluding hydrogens is 302 g/mol. The summed E-state index contributed by atoms with van der Waals surface area (Å²) in [5, 5.41) is 10.2. The van der Waals surface area contributed by atoms with Crippen LogP contribution in [0, 0.1) is 13.8 Å². The Kier molecular flexibility index (Phi) is 7.63. The number of aliphatic hydroxyl groups is 1. The fourth-order valence-corrected chi connectivity index (χ4v) is 2.99. The molecule has 1 fully saturated rings. The van der Waals surface area contributed by atoms with Crippen molar-refractivity contribution in [3.63, 3.8) is 0 Å². The minimum Gasteiger partial charge on any atom is -1.00 e. The summed E-state index contributed by atoms with van der Waals surface area (Å²) in [4.78, 5) is 2.24. The van der Waals surface area contributed by atoms with Gasteiger partial charge in [0, 0.05) is 19.6 Å². The van der Waals surface area contributed by atoms with Gasteiger partial charge in [0.05, 0.1) is 12.2 Å². The van der Waals surface area contributed by atoms with Gasteiger partial charge in [-0.05, 0) is 51.0 Å². The number of nitrogens with zero attached hydrogens (tertiary/aromatic N) is 1. The van der Waals surface area contributed by atoms with Crippen LogP contribution in [-0.2, 0) is 4.74 Å². The molecule has 0 bridgehead atoms. The molecule has 1 aromatic rings. The quantitative estimate of drug-likeness (QED) is 0.765. The lowest BCUT2D eigenvalue weighted by Gasteiger charge is -2.36. The lowest BCUT2D eigenvalue weighted by atomic mass is 10.1. The number of hydrogen-bond acceptors (Lipinski definition) is 4. The zero-order valence-electron chi connectivity index (χ0n) is 13.9. The molecule has 5 heteroatoms. The van der Waals surface area contributed by atoms with Crippen LogP contribution >= 0.6 is 0 Å². The minimum atomic E-state index is -0.483. The molecule has 3 unspecified atom stereocenters. The zero-order valence-corrected chi connectivity index (χ0v) is 14.6. The summed E-state index contributed by atoms with van der Waals surface area (Å²) in [6.45, 7) is 10.9. The van der Waals surface area contributed by atoms with Crippen molar-refractivity contribution in [1.82, 2.24) is 4.90 Å². The molecule has 1 saturated heterocycles. The molecule has 0 aliphatic carbocycles. The number of benzene rings is 1. The fourth-order valence-electron chi connectivity index (χ4n) is 2.99. The topological polar surface area (TPSA) is 41.9 Å². The number of ether oxygens (including phenoxy) is 2. The van der Waals surface area contributed by atoms with E-state index in [9.17, 15) is 5.11 Å². The Hall–Kier alpha value is -0.810. The van der Waals surface area contributed by atoms with E-state index in [4.69, 9.17) is 9.47 Å². The highest BCUT2D eigenvalue weighted by molar-refractivity contribution is 5.32. The number of halogens is 1. The Labute approximate surface area is 139 Å². The second-order valence-electron chi connectivity index (χ2n) is 6.26. The molecule has 0 amide bonds. The fraction of sp³-hybridized carbons (Fsp3) is 0.647. The summed E-state index contributed by atoms with van der Waals surface area (Å²) >= 11 is 0. The number of β-amino-alcohol motifs (C(OH)–C–C–N with tert-alkyl or cyclic N) is 1. The highest BCUT2D eigenvalue weighted by Gasteiger charge is 2.23. The molecule has 126 valence electrons. The summed E-state index contributed by atoms with van der Waals surface area (Å²) in [5.74, 6) is 0.829. The summed E-state index contributed by atoms with van der Waals surface area (Å²) in [5.41, 5.74) is 2.35. The van der Waals surface area contributed by atoms with E-state index in [0.29, 0.717) is 13.2 Å². The predicted molar refractivity (Wildman–Crippen MR) is 83.9 cm³/mol. The second-order valence-corrected chi connectivity index (χ2v) is 6.26. The first-order valence-electron chi connectivity index (χ1n) is 7.69. The molecule has 0 radical (unpaired) electrons. The van der Waals surface area contributed by atoms with Crippen LogP contribution in [0.15, 0.2) is 18.2 Å². The van der Waals surface area contributed by atoms with Gasteiger partial charge in [0.15, 0.2) is 0 Å². The van der Waals surface area contributed by atoms with Crippen molar-refractivity contribution >= 4 is 0 Å². The summed E-state index contributed by atoms with van der Waals surface area (Å²) < 4.78 is 11.4. The van der Waals surface area contributed by atoms with Crippen LogP contribution in [-0.4, -0.2) is 54.6 Å². The molecule has 0 saturated carbocycles. The van der Waals surface area contributed by atoms with Gasteiger partial charge in [-0.25, -0.2) is 0 Å². The van der Waals surface area contributed by atoms with Crippen LogP contribution in [0.4, 0.5) is 0 Å². The first-order valence-corrected chi connectivity index (χ1v) is 7.69. The molecule has 1 aliphatic heterocycles. The van der Waals surface area contributed by atoms with Crippen molar-refractivity contribution in [2.75, 3.05) is 26.2 Å². The third-order valence-electron chi connectivity index (χ3n) is 3.60. The van der Waals surface area contributed by atoms with Crippen molar-refractivity contribution in [1.29, 1.82) is 0 Å². The summed E-state index contributed by atoms with van der Waals surface area (Å²) in [6.07, 6.45) is -0.0362. The number of hydrogen-bond donors (Lipinski definition) is 1. The smallest absolute Gasteiger partial charge is 0.119 e. The molecule has 1 N–H and O–H groups in total. The maximum Gasteiger partial charge on any atom is 0.119 e. The van der Waals surface area contributed by atoms with Gasteiger partial charge in [-0.1, -0.05) is 6.07 Å². The molecule has 22 heavy (non-hydrogen) atoms. The summed E-state index contributed by atoms with van der Waals surface area (Å²) in [7, 11) is 0. The van der Waals surface area contributed by atoms with Crippen molar-refractivity contribution in [3.05, 3.63) is 29.3 Å². The van der Waals surface area contributed by atoms with E-state index in [-0.39, 0.29) is 24.6 Å². The lowest BCUT2D eigenvalue weighted by Crippen LogP contribution is -3.00. The molecule has 4 nitrogen and oxygen atoms in total. The molecule has 0 aromatic heterocycles. The maximum absolute atomic E-state index is 10.2. The standard InChI is InChI=1S/C17H27NO3.ClH/c1-12-5-13(2)7-17(6-12)20-11-16(19)10-18-8-14(3)21-15(4)9-18;/h5-7,14-16,19H,8-11H2,1-4H3;1H/p-1. The SMILES string of the molecule is Cc1cc(C)cc(OCC(O)CN2CC(C)OC(C)C2)c1.[Cl-]. The first kappa shape index (κ1) is 19.2. The monoisotopic (exact) mass is 328 g/mol. The van der Waals surface area contributed by atoms with E-state index < -0.39 is 6.10 Å².